The molecule has 0 fully saturated rings. The van der Waals surface area contributed by atoms with Crippen molar-refractivity contribution in [2.24, 2.45) is 0 Å². The van der Waals surface area contributed by atoms with Crippen molar-refractivity contribution in [1.29, 1.82) is 0 Å². The molecule has 0 saturated heterocycles. The Morgan fingerprint density at radius 3 is 2.15 bits per heavy atom. The number of pyridine rings is 1. The Bertz CT molecular complexity index is 1490. The monoisotopic (exact) mass is 552 g/mol. The highest BCUT2D eigenvalue weighted by Crippen LogP contribution is 2.37. The molecule has 3 heterocycles. The first-order valence-corrected chi connectivity index (χ1v) is 14.1. The maximum Gasteiger partial charge on any atom is 0.170 e. The van der Waals surface area contributed by atoms with Crippen molar-refractivity contribution in [3.63, 3.8) is 0 Å². The Morgan fingerprint density at radius 1 is 0.923 bits per heavy atom. The summed E-state index contributed by atoms with van der Waals surface area (Å²) in [5.41, 5.74) is 1.98. The Kier molecular flexibility index (Phi) is 8.56. The van der Waals surface area contributed by atoms with Crippen LogP contribution in [0.1, 0.15) is 44.1 Å². The Hall–Kier alpha value is -3.90. The lowest BCUT2D eigenvalue weighted by Crippen LogP contribution is -2.32. The fourth-order valence-corrected chi connectivity index (χ4v) is 5.47. The second-order valence-corrected chi connectivity index (χ2v) is 11.6. The number of benzene rings is 1. The van der Waals surface area contributed by atoms with E-state index in [0.717, 1.165) is 5.56 Å². The molecule has 4 aromatic rings. The molecule has 0 amide bonds. The van der Waals surface area contributed by atoms with Crippen LogP contribution < -0.4 is 9.47 Å². The van der Waals surface area contributed by atoms with Crippen LogP contribution in [0.4, 0.5) is 0 Å². The number of rotatable bonds is 11. The van der Waals surface area contributed by atoms with Crippen LogP contribution in [0.5, 0.6) is 11.5 Å². The summed E-state index contributed by atoms with van der Waals surface area (Å²) in [5, 5.41) is 7.68. The second kappa shape index (κ2) is 11.9. The van der Waals surface area contributed by atoms with E-state index in [1.54, 1.807) is 60.5 Å². The van der Waals surface area contributed by atoms with Crippen molar-refractivity contribution < 1.29 is 22.6 Å². The van der Waals surface area contributed by atoms with Gasteiger partial charge in [-0.3, -0.25) is 9.55 Å². The van der Waals surface area contributed by atoms with E-state index in [0.29, 0.717) is 34.4 Å². The maximum atomic E-state index is 13.9. The molecule has 0 spiro atoms. The molecule has 12 heteroatoms. The molecule has 0 aliphatic heterocycles. The molecule has 0 aliphatic carbocycles. The van der Waals surface area contributed by atoms with Gasteiger partial charge in [0.15, 0.2) is 27.3 Å². The van der Waals surface area contributed by atoms with E-state index in [4.69, 9.17) is 14.2 Å². The molecule has 0 aliphatic rings. The van der Waals surface area contributed by atoms with Crippen LogP contribution >= 0.6 is 0 Å². The molecule has 0 unspecified atom stereocenters. The van der Waals surface area contributed by atoms with E-state index in [2.05, 4.69) is 25.1 Å². The third-order valence-corrected chi connectivity index (χ3v) is 8.11. The van der Waals surface area contributed by atoms with Gasteiger partial charge in [0.1, 0.15) is 29.0 Å². The first kappa shape index (κ1) is 28.1. The average Bonchev–Trinajstić information content (AvgIpc) is 3.33. The van der Waals surface area contributed by atoms with Gasteiger partial charge in [0.25, 0.3) is 0 Å². The SMILES string of the molecule is COc1cccc(OC)c1-n1c(CS(=O)(=O)[C@@H](C)[C@H](OC(C)C)c2ncc(C)cn2)nnc1-c1cccnc1. The number of aryl methyl sites for hydroxylation is 1. The molecule has 1 aromatic carbocycles. The molecule has 0 N–H and O–H groups in total. The van der Waals surface area contributed by atoms with Gasteiger partial charge in [-0.2, -0.15) is 0 Å². The van der Waals surface area contributed by atoms with Gasteiger partial charge >= 0.3 is 0 Å². The molecule has 206 valence electrons. The highest BCUT2D eigenvalue weighted by atomic mass is 32.2. The highest BCUT2D eigenvalue weighted by Gasteiger charge is 2.36. The summed E-state index contributed by atoms with van der Waals surface area (Å²) in [4.78, 5) is 12.9. The van der Waals surface area contributed by atoms with Gasteiger partial charge in [-0.25, -0.2) is 18.4 Å². The van der Waals surface area contributed by atoms with Gasteiger partial charge in [0.05, 0.1) is 25.6 Å². The smallest absolute Gasteiger partial charge is 0.170 e. The third kappa shape index (κ3) is 6.07. The lowest BCUT2D eigenvalue weighted by Gasteiger charge is -2.25. The number of hydrogen-bond donors (Lipinski definition) is 0. The normalized spacial score (nSPS) is 13.3. The first-order valence-electron chi connectivity index (χ1n) is 12.4. The van der Waals surface area contributed by atoms with E-state index < -0.39 is 26.9 Å². The summed E-state index contributed by atoms with van der Waals surface area (Å²) < 4.78 is 46.7. The number of aromatic nitrogens is 6. The summed E-state index contributed by atoms with van der Waals surface area (Å²) in [6.45, 7) is 7.13. The zero-order chi connectivity index (χ0) is 28.2. The molecule has 0 radical (unpaired) electrons. The van der Waals surface area contributed by atoms with Gasteiger partial charge in [0.2, 0.25) is 0 Å². The molecule has 39 heavy (non-hydrogen) atoms. The minimum Gasteiger partial charge on any atom is -0.494 e. The Balaban J connectivity index is 1.83. The molecular weight excluding hydrogens is 520 g/mol. The number of para-hydroxylation sites is 1. The van der Waals surface area contributed by atoms with Crippen LogP contribution in [0.3, 0.4) is 0 Å². The fourth-order valence-electron chi connectivity index (χ4n) is 4.10. The van der Waals surface area contributed by atoms with Crippen LogP contribution in [0.15, 0.2) is 55.1 Å². The summed E-state index contributed by atoms with van der Waals surface area (Å²) in [6.07, 6.45) is 5.42. The molecule has 4 rings (SSSR count). The van der Waals surface area contributed by atoms with E-state index in [1.165, 1.54) is 14.2 Å². The first-order chi connectivity index (χ1) is 18.7. The fraction of sp³-hybridized carbons (Fsp3) is 0.370. The predicted octanol–water partition coefficient (Wildman–Crippen LogP) is 3.91. The minimum atomic E-state index is -3.88. The number of hydrogen-bond acceptors (Lipinski definition) is 10. The van der Waals surface area contributed by atoms with Crippen LogP contribution in [0.25, 0.3) is 17.1 Å². The molecule has 3 aromatic heterocycles. The minimum absolute atomic E-state index is 0.177. The van der Waals surface area contributed by atoms with E-state index in [9.17, 15) is 8.42 Å². The van der Waals surface area contributed by atoms with E-state index in [1.807, 2.05) is 26.8 Å². The van der Waals surface area contributed by atoms with Crippen molar-refractivity contribution in [3.8, 4) is 28.6 Å². The van der Waals surface area contributed by atoms with E-state index >= 15 is 0 Å². The number of methoxy groups -OCH3 is 2. The predicted molar refractivity (Wildman–Crippen MR) is 146 cm³/mol. The largest absolute Gasteiger partial charge is 0.494 e. The second-order valence-electron chi connectivity index (χ2n) is 9.26. The van der Waals surface area contributed by atoms with Crippen LogP contribution in [0.2, 0.25) is 0 Å². The summed E-state index contributed by atoms with van der Waals surface area (Å²) in [7, 11) is -0.824. The van der Waals surface area contributed by atoms with Crippen LogP contribution in [-0.4, -0.2) is 63.7 Å². The van der Waals surface area contributed by atoms with Gasteiger partial charge in [-0.15, -0.1) is 10.2 Å². The Labute approximate surface area is 228 Å². The standard InChI is InChI=1S/C27H32N6O5S/c1-17(2)38-25(26-29-13-18(3)14-30-26)19(4)39(34,35)16-23-31-32-27(20-9-8-12-28-15-20)33(23)24-21(36-5)10-7-11-22(24)37-6/h7-15,17,19,25H,16H2,1-6H3/t19-,25-/m0/s1. The van der Waals surface area contributed by atoms with Gasteiger partial charge in [-0.05, 0) is 57.5 Å². The molecule has 11 nitrogen and oxygen atoms in total. The number of nitrogens with zero attached hydrogens (tertiary/aromatic N) is 6. The summed E-state index contributed by atoms with van der Waals surface area (Å²) in [6, 6.07) is 8.88. The Morgan fingerprint density at radius 2 is 1.59 bits per heavy atom. The average molecular weight is 553 g/mol. The van der Waals surface area contributed by atoms with Crippen molar-refractivity contribution in [3.05, 3.63) is 72.3 Å². The number of ether oxygens (including phenoxy) is 3. The quantitative estimate of drug-likeness (QED) is 0.270. The van der Waals surface area contributed by atoms with Crippen molar-refractivity contribution in [2.45, 2.75) is 50.9 Å². The molecular formula is C27H32N6O5S. The lowest BCUT2D eigenvalue weighted by molar-refractivity contribution is 0.00141. The van der Waals surface area contributed by atoms with Crippen LogP contribution in [-0.2, 0) is 20.3 Å². The summed E-state index contributed by atoms with van der Waals surface area (Å²) >= 11 is 0. The summed E-state index contributed by atoms with van der Waals surface area (Å²) in [5.74, 6) is 1.35. The lowest BCUT2D eigenvalue weighted by atomic mass is 10.2. The molecule has 0 bridgehead atoms. The maximum absolute atomic E-state index is 13.9. The van der Waals surface area contributed by atoms with E-state index in [-0.39, 0.29) is 11.9 Å². The van der Waals surface area contributed by atoms with Crippen LogP contribution in [0, 0.1) is 6.92 Å². The highest BCUT2D eigenvalue weighted by molar-refractivity contribution is 7.91. The zero-order valence-electron chi connectivity index (χ0n) is 22.8. The number of sulfone groups is 1. The van der Waals surface area contributed by atoms with Gasteiger partial charge < -0.3 is 14.2 Å². The molecule has 0 saturated carbocycles. The third-order valence-electron chi connectivity index (χ3n) is 6.07. The zero-order valence-corrected chi connectivity index (χ0v) is 23.6. The topological polar surface area (TPSA) is 131 Å². The van der Waals surface area contributed by atoms with Crippen molar-refractivity contribution in [1.82, 2.24) is 29.7 Å². The van der Waals surface area contributed by atoms with Gasteiger partial charge in [-0.1, -0.05) is 6.07 Å². The molecule has 2 atom stereocenters. The van der Waals surface area contributed by atoms with Crippen molar-refractivity contribution >= 4 is 9.84 Å². The van der Waals surface area contributed by atoms with Gasteiger partial charge in [0, 0.05) is 30.4 Å². The van der Waals surface area contributed by atoms with Crippen molar-refractivity contribution in [2.75, 3.05) is 14.2 Å².